The van der Waals surface area contributed by atoms with Crippen molar-refractivity contribution in [1.29, 1.82) is 0 Å². The molecule has 2 aromatic rings. The number of aromatic nitrogens is 1. The van der Waals surface area contributed by atoms with Crippen molar-refractivity contribution in [2.75, 3.05) is 26.7 Å². The Hall–Kier alpha value is -1.92. The maximum Gasteiger partial charge on any atom is 0.191 e. The summed E-state index contributed by atoms with van der Waals surface area (Å²) in [5.74, 6) is 1.57. The summed E-state index contributed by atoms with van der Waals surface area (Å²) in [6.07, 6.45) is 4.31. The van der Waals surface area contributed by atoms with E-state index in [-0.39, 0.29) is 0 Å². The van der Waals surface area contributed by atoms with E-state index in [4.69, 9.17) is 0 Å². The summed E-state index contributed by atoms with van der Waals surface area (Å²) in [4.78, 5) is 12.7. The summed E-state index contributed by atoms with van der Waals surface area (Å²) in [6, 6.07) is 10.3. The number of rotatable bonds is 6. The molecule has 0 spiro atoms. The first-order chi connectivity index (χ1) is 12.3. The molecule has 0 radical (unpaired) electrons. The molecule has 1 aliphatic rings. The zero-order valence-corrected chi connectivity index (χ0v) is 15.6. The van der Waals surface area contributed by atoms with E-state index in [1.54, 1.807) is 0 Å². The minimum Gasteiger partial charge on any atom is -0.356 e. The highest BCUT2D eigenvalue weighted by Gasteiger charge is 2.19. The highest BCUT2D eigenvalue weighted by molar-refractivity contribution is 7.09. The molecule has 2 aromatic heterocycles. The minimum absolute atomic E-state index is 0.694. The van der Waals surface area contributed by atoms with Crippen molar-refractivity contribution in [2.45, 2.75) is 25.9 Å². The van der Waals surface area contributed by atoms with Crippen molar-refractivity contribution in [3.05, 3.63) is 52.5 Å². The summed E-state index contributed by atoms with van der Waals surface area (Å²) in [6.45, 7) is 5.15. The molecule has 0 aliphatic carbocycles. The fourth-order valence-corrected chi connectivity index (χ4v) is 3.86. The van der Waals surface area contributed by atoms with Crippen LogP contribution < -0.4 is 10.6 Å². The number of piperidine rings is 1. The number of hydrogen-bond donors (Lipinski definition) is 2. The Labute approximate surface area is 154 Å². The van der Waals surface area contributed by atoms with Gasteiger partial charge in [-0.15, -0.1) is 11.3 Å². The second-order valence-corrected chi connectivity index (χ2v) is 7.46. The molecule has 5 nitrogen and oxygen atoms in total. The standard InChI is InChI=1S/C19H27N5S/c1-20-19(23-14-17-5-2-3-9-21-17)22-13-16-7-10-24(11-8-16)15-18-6-4-12-25-18/h2-6,9,12,16H,7-8,10-11,13-15H2,1H3,(H2,20,22,23). The number of pyridine rings is 1. The molecule has 0 amide bonds. The summed E-state index contributed by atoms with van der Waals surface area (Å²) in [5, 5.41) is 8.96. The van der Waals surface area contributed by atoms with Gasteiger partial charge >= 0.3 is 0 Å². The molecule has 25 heavy (non-hydrogen) atoms. The lowest BCUT2D eigenvalue weighted by Crippen LogP contribution is -2.42. The van der Waals surface area contributed by atoms with Gasteiger partial charge in [-0.3, -0.25) is 14.9 Å². The number of thiophene rings is 1. The third-order valence-corrected chi connectivity index (χ3v) is 5.47. The summed E-state index contributed by atoms with van der Waals surface area (Å²) >= 11 is 1.86. The van der Waals surface area contributed by atoms with Gasteiger partial charge in [0.05, 0.1) is 12.2 Å². The van der Waals surface area contributed by atoms with Crippen LogP contribution in [0.3, 0.4) is 0 Å². The van der Waals surface area contributed by atoms with Gasteiger partial charge < -0.3 is 10.6 Å². The first-order valence-electron chi connectivity index (χ1n) is 8.92. The normalized spacial score (nSPS) is 16.8. The minimum atomic E-state index is 0.694. The Morgan fingerprint density at radius 2 is 2.12 bits per heavy atom. The van der Waals surface area contributed by atoms with Crippen molar-refractivity contribution in [1.82, 2.24) is 20.5 Å². The maximum absolute atomic E-state index is 4.32. The van der Waals surface area contributed by atoms with E-state index < -0.39 is 0 Å². The van der Waals surface area contributed by atoms with E-state index in [1.807, 2.05) is 42.8 Å². The number of nitrogens with zero attached hydrogens (tertiary/aromatic N) is 3. The molecule has 0 unspecified atom stereocenters. The first-order valence-corrected chi connectivity index (χ1v) is 9.80. The average Bonchev–Trinajstić information content (AvgIpc) is 3.17. The smallest absolute Gasteiger partial charge is 0.191 e. The van der Waals surface area contributed by atoms with Crippen LogP contribution in [0.2, 0.25) is 0 Å². The van der Waals surface area contributed by atoms with Gasteiger partial charge in [0, 0.05) is 31.2 Å². The number of guanidine groups is 1. The van der Waals surface area contributed by atoms with Gasteiger partial charge in [-0.05, 0) is 55.4 Å². The van der Waals surface area contributed by atoms with Crippen molar-refractivity contribution in [2.24, 2.45) is 10.9 Å². The Morgan fingerprint density at radius 1 is 1.24 bits per heavy atom. The second kappa shape index (κ2) is 9.53. The van der Waals surface area contributed by atoms with Crippen LogP contribution >= 0.6 is 11.3 Å². The zero-order chi connectivity index (χ0) is 17.3. The van der Waals surface area contributed by atoms with E-state index in [0.29, 0.717) is 12.5 Å². The fraction of sp³-hybridized carbons (Fsp3) is 0.474. The number of hydrogen-bond acceptors (Lipinski definition) is 4. The monoisotopic (exact) mass is 357 g/mol. The van der Waals surface area contributed by atoms with Crippen LogP contribution in [0.4, 0.5) is 0 Å². The van der Waals surface area contributed by atoms with Crippen LogP contribution in [0.15, 0.2) is 46.9 Å². The van der Waals surface area contributed by atoms with Crippen LogP contribution in [0.25, 0.3) is 0 Å². The molecule has 2 N–H and O–H groups in total. The molecule has 3 heterocycles. The molecule has 1 saturated heterocycles. The highest BCUT2D eigenvalue weighted by Crippen LogP contribution is 2.20. The van der Waals surface area contributed by atoms with Gasteiger partial charge in [0.2, 0.25) is 0 Å². The quantitative estimate of drug-likeness (QED) is 0.617. The molecule has 3 rings (SSSR count). The lowest BCUT2D eigenvalue weighted by atomic mass is 9.97. The molecular formula is C19H27N5S. The van der Waals surface area contributed by atoms with E-state index in [1.165, 1.54) is 30.8 Å². The zero-order valence-electron chi connectivity index (χ0n) is 14.8. The molecule has 1 fully saturated rings. The average molecular weight is 358 g/mol. The van der Waals surface area contributed by atoms with Crippen molar-refractivity contribution >= 4 is 17.3 Å². The van der Waals surface area contributed by atoms with Crippen LogP contribution in [0, 0.1) is 5.92 Å². The highest BCUT2D eigenvalue weighted by atomic mass is 32.1. The number of likely N-dealkylation sites (tertiary alicyclic amines) is 1. The predicted molar refractivity (Wildman–Crippen MR) is 105 cm³/mol. The summed E-state index contributed by atoms with van der Waals surface area (Å²) in [7, 11) is 1.82. The van der Waals surface area contributed by atoms with Crippen LogP contribution in [-0.4, -0.2) is 42.5 Å². The lowest BCUT2D eigenvalue weighted by Gasteiger charge is -2.32. The van der Waals surface area contributed by atoms with Crippen LogP contribution in [-0.2, 0) is 13.1 Å². The molecule has 0 saturated carbocycles. The van der Waals surface area contributed by atoms with E-state index >= 15 is 0 Å². The summed E-state index contributed by atoms with van der Waals surface area (Å²) < 4.78 is 0. The van der Waals surface area contributed by atoms with Crippen molar-refractivity contribution in [3.8, 4) is 0 Å². The largest absolute Gasteiger partial charge is 0.356 e. The molecule has 6 heteroatoms. The Bertz CT molecular complexity index is 633. The van der Waals surface area contributed by atoms with Gasteiger partial charge in [-0.25, -0.2) is 0 Å². The topological polar surface area (TPSA) is 52.6 Å². The molecular weight excluding hydrogens is 330 g/mol. The van der Waals surface area contributed by atoms with E-state index in [0.717, 1.165) is 24.7 Å². The third kappa shape index (κ3) is 5.83. The Kier molecular flexibility index (Phi) is 6.82. The number of nitrogens with one attached hydrogen (secondary N) is 2. The predicted octanol–water partition coefficient (Wildman–Crippen LogP) is 2.72. The van der Waals surface area contributed by atoms with E-state index in [9.17, 15) is 0 Å². The van der Waals surface area contributed by atoms with Gasteiger partial charge in [0.25, 0.3) is 0 Å². The van der Waals surface area contributed by atoms with Crippen LogP contribution in [0.5, 0.6) is 0 Å². The lowest BCUT2D eigenvalue weighted by molar-refractivity contribution is 0.179. The molecule has 134 valence electrons. The summed E-state index contributed by atoms with van der Waals surface area (Å²) in [5.41, 5.74) is 1.02. The van der Waals surface area contributed by atoms with Gasteiger partial charge in [0.1, 0.15) is 0 Å². The molecule has 0 bridgehead atoms. The molecule has 1 aliphatic heterocycles. The SMILES string of the molecule is CN=C(NCc1ccccn1)NCC1CCN(Cc2cccs2)CC1. The van der Waals surface area contributed by atoms with Gasteiger partial charge in [-0.1, -0.05) is 12.1 Å². The number of aliphatic imine (C=N–C) groups is 1. The first kappa shape index (κ1) is 17.9. The third-order valence-electron chi connectivity index (χ3n) is 4.61. The Morgan fingerprint density at radius 3 is 2.80 bits per heavy atom. The molecule has 0 atom stereocenters. The molecule has 0 aromatic carbocycles. The van der Waals surface area contributed by atoms with Crippen LogP contribution in [0.1, 0.15) is 23.4 Å². The van der Waals surface area contributed by atoms with E-state index in [2.05, 4.69) is 43.0 Å². The Balaban J connectivity index is 1.35. The fourth-order valence-electron chi connectivity index (χ4n) is 3.11. The second-order valence-electron chi connectivity index (χ2n) is 6.43. The van der Waals surface area contributed by atoms with Crippen molar-refractivity contribution < 1.29 is 0 Å². The van der Waals surface area contributed by atoms with Gasteiger partial charge in [0.15, 0.2) is 5.96 Å². The van der Waals surface area contributed by atoms with Gasteiger partial charge in [-0.2, -0.15) is 0 Å². The maximum atomic E-state index is 4.32. The van der Waals surface area contributed by atoms with Crippen molar-refractivity contribution in [3.63, 3.8) is 0 Å².